The standard InChI is InChI=1S/C15H23N3O3/c1-10-5-12(16)3-4-14(10)17-15(20)7-18-6-13(8-19)21-9-11(18)2/h3-5,11,13,19H,6-9,16H2,1-2H3,(H,17,20). The third-order valence-electron chi connectivity index (χ3n) is 3.71. The van der Waals surface area contributed by atoms with Crippen LogP contribution < -0.4 is 11.1 Å². The number of nitrogens with zero attached hydrogens (tertiary/aromatic N) is 1. The molecule has 1 aliphatic rings. The van der Waals surface area contributed by atoms with Gasteiger partial charge in [-0.1, -0.05) is 0 Å². The van der Waals surface area contributed by atoms with Crippen LogP contribution >= 0.6 is 0 Å². The summed E-state index contributed by atoms with van der Waals surface area (Å²) in [4.78, 5) is 14.2. The molecule has 6 heteroatoms. The molecule has 21 heavy (non-hydrogen) atoms. The monoisotopic (exact) mass is 293 g/mol. The summed E-state index contributed by atoms with van der Waals surface area (Å²) >= 11 is 0. The van der Waals surface area contributed by atoms with Crippen LogP contribution in [0.2, 0.25) is 0 Å². The molecule has 2 rings (SSSR count). The molecule has 0 radical (unpaired) electrons. The number of amides is 1. The van der Waals surface area contributed by atoms with Crippen LogP contribution in [-0.4, -0.2) is 54.4 Å². The zero-order valence-corrected chi connectivity index (χ0v) is 12.5. The lowest BCUT2D eigenvalue weighted by atomic mass is 10.1. The van der Waals surface area contributed by atoms with Crippen LogP contribution in [0.5, 0.6) is 0 Å². The van der Waals surface area contributed by atoms with Crippen LogP contribution in [0.1, 0.15) is 12.5 Å². The smallest absolute Gasteiger partial charge is 0.238 e. The Kier molecular flexibility index (Phi) is 5.17. The van der Waals surface area contributed by atoms with Gasteiger partial charge in [0.05, 0.1) is 25.9 Å². The predicted octanol–water partition coefficient (Wildman–Crippen LogP) is 0.597. The third-order valence-corrected chi connectivity index (χ3v) is 3.71. The molecule has 4 N–H and O–H groups in total. The highest BCUT2D eigenvalue weighted by Crippen LogP contribution is 2.18. The minimum Gasteiger partial charge on any atom is -0.399 e. The van der Waals surface area contributed by atoms with Crippen molar-refractivity contribution in [3.05, 3.63) is 23.8 Å². The molecule has 1 fully saturated rings. The number of morpholine rings is 1. The Morgan fingerprint density at radius 1 is 1.57 bits per heavy atom. The SMILES string of the molecule is Cc1cc(N)ccc1NC(=O)CN1CC(CO)OCC1C. The van der Waals surface area contributed by atoms with Gasteiger partial charge in [-0.3, -0.25) is 9.69 Å². The van der Waals surface area contributed by atoms with Gasteiger partial charge >= 0.3 is 0 Å². The van der Waals surface area contributed by atoms with Crippen molar-refractivity contribution in [2.75, 3.05) is 37.4 Å². The predicted molar refractivity (Wildman–Crippen MR) is 82.1 cm³/mol. The van der Waals surface area contributed by atoms with E-state index in [1.54, 1.807) is 6.07 Å². The number of carbonyl (C=O) groups excluding carboxylic acids is 1. The molecular formula is C15H23N3O3. The molecular weight excluding hydrogens is 270 g/mol. The molecule has 1 saturated heterocycles. The Hall–Kier alpha value is -1.63. The van der Waals surface area contributed by atoms with E-state index < -0.39 is 0 Å². The molecule has 116 valence electrons. The fraction of sp³-hybridized carbons (Fsp3) is 0.533. The summed E-state index contributed by atoms with van der Waals surface area (Å²) in [5, 5.41) is 12.1. The number of hydrogen-bond donors (Lipinski definition) is 3. The number of nitrogens with two attached hydrogens (primary N) is 1. The zero-order valence-electron chi connectivity index (χ0n) is 12.5. The van der Waals surface area contributed by atoms with E-state index in [1.807, 2.05) is 30.9 Å². The van der Waals surface area contributed by atoms with Crippen molar-refractivity contribution in [3.8, 4) is 0 Å². The van der Waals surface area contributed by atoms with E-state index in [-0.39, 0.29) is 31.2 Å². The lowest BCUT2D eigenvalue weighted by Gasteiger charge is -2.36. The average Bonchev–Trinajstić information content (AvgIpc) is 2.44. The lowest BCUT2D eigenvalue weighted by molar-refractivity contribution is -0.122. The number of aliphatic hydroxyl groups excluding tert-OH is 1. The first-order chi connectivity index (χ1) is 9.99. The van der Waals surface area contributed by atoms with E-state index in [9.17, 15) is 4.79 Å². The van der Waals surface area contributed by atoms with E-state index in [0.717, 1.165) is 11.3 Å². The van der Waals surface area contributed by atoms with Crippen LogP contribution in [0.15, 0.2) is 18.2 Å². The van der Waals surface area contributed by atoms with Gasteiger partial charge in [0.1, 0.15) is 0 Å². The van der Waals surface area contributed by atoms with Gasteiger partial charge in [0.25, 0.3) is 0 Å². The van der Waals surface area contributed by atoms with Gasteiger partial charge < -0.3 is 20.9 Å². The molecule has 0 saturated carbocycles. The number of anilines is 2. The second-order valence-corrected chi connectivity index (χ2v) is 5.54. The van der Waals surface area contributed by atoms with Crippen LogP contribution in [0.25, 0.3) is 0 Å². The molecule has 0 spiro atoms. The summed E-state index contributed by atoms with van der Waals surface area (Å²) in [7, 11) is 0. The van der Waals surface area contributed by atoms with Gasteiger partial charge in [-0.05, 0) is 37.6 Å². The average molecular weight is 293 g/mol. The first kappa shape index (κ1) is 15.8. The van der Waals surface area contributed by atoms with Gasteiger partial charge in [-0.25, -0.2) is 0 Å². The molecule has 1 aliphatic heterocycles. The largest absolute Gasteiger partial charge is 0.399 e. The van der Waals surface area contributed by atoms with Crippen molar-refractivity contribution >= 4 is 17.3 Å². The Labute approximate surface area is 124 Å². The molecule has 1 heterocycles. The van der Waals surface area contributed by atoms with Gasteiger partial charge in [-0.15, -0.1) is 0 Å². The van der Waals surface area contributed by atoms with Crippen LogP contribution in [0.3, 0.4) is 0 Å². The molecule has 1 aromatic carbocycles. The maximum absolute atomic E-state index is 12.2. The number of nitrogen functional groups attached to an aromatic ring is 1. The van der Waals surface area contributed by atoms with Crippen LogP contribution in [0.4, 0.5) is 11.4 Å². The molecule has 0 aromatic heterocycles. The van der Waals surface area contributed by atoms with Crippen molar-refractivity contribution in [1.82, 2.24) is 4.90 Å². The number of carbonyl (C=O) groups is 1. The van der Waals surface area contributed by atoms with Crippen molar-refractivity contribution in [2.45, 2.75) is 26.0 Å². The number of ether oxygens (including phenoxy) is 1. The Morgan fingerprint density at radius 2 is 2.33 bits per heavy atom. The molecule has 1 aromatic rings. The van der Waals surface area contributed by atoms with E-state index in [0.29, 0.717) is 18.8 Å². The highest BCUT2D eigenvalue weighted by molar-refractivity contribution is 5.93. The number of rotatable bonds is 4. The van der Waals surface area contributed by atoms with E-state index >= 15 is 0 Å². The van der Waals surface area contributed by atoms with Gasteiger partial charge in [-0.2, -0.15) is 0 Å². The number of aryl methyl sites for hydroxylation is 1. The number of aliphatic hydroxyl groups is 1. The van der Waals surface area contributed by atoms with E-state index in [2.05, 4.69) is 5.32 Å². The summed E-state index contributed by atoms with van der Waals surface area (Å²) in [6.07, 6.45) is -0.216. The first-order valence-electron chi connectivity index (χ1n) is 7.12. The van der Waals surface area contributed by atoms with Crippen LogP contribution in [-0.2, 0) is 9.53 Å². The fourth-order valence-corrected chi connectivity index (χ4v) is 2.41. The Morgan fingerprint density at radius 3 is 3.00 bits per heavy atom. The van der Waals surface area contributed by atoms with Gasteiger partial charge in [0, 0.05) is 24.0 Å². The Balaban J connectivity index is 1.94. The minimum atomic E-state index is -0.216. The normalized spacial score (nSPS) is 23.0. The molecule has 1 amide bonds. The van der Waals surface area contributed by atoms with Crippen molar-refractivity contribution in [2.24, 2.45) is 0 Å². The second kappa shape index (κ2) is 6.89. The summed E-state index contributed by atoms with van der Waals surface area (Å²) < 4.78 is 5.46. The number of nitrogens with one attached hydrogen (secondary N) is 1. The maximum atomic E-state index is 12.2. The summed E-state index contributed by atoms with van der Waals surface area (Å²) in [5.41, 5.74) is 8.09. The van der Waals surface area contributed by atoms with E-state index in [4.69, 9.17) is 15.6 Å². The highest BCUT2D eigenvalue weighted by atomic mass is 16.5. The van der Waals surface area contributed by atoms with Gasteiger partial charge in [0.15, 0.2) is 0 Å². The van der Waals surface area contributed by atoms with Crippen molar-refractivity contribution in [3.63, 3.8) is 0 Å². The summed E-state index contributed by atoms with van der Waals surface area (Å²) in [5.74, 6) is -0.0756. The van der Waals surface area contributed by atoms with E-state index in [1.165, 1.54) is 0 Å². The molecule has 2 unspecified atom stereocenters. The Bertz CT molecular complexity index is 507. The maximum Gasteiger partial charge on any atom is 0.238 e. The molecule has 0 aliphatic carbocycles. The minimum absolute atomic E-state index is 0.0259. The van der Waals surface area contributed by atoms with Gasteiger partial charge in [0.2, 0.25) is 5.91 Å². The quantitative estimate of drug-likeness (QED) is 0.708. The molecule has 2 atom stereocenters. The summed E-state index contributed by atoms with van der Waals surface area (Å²) in [6.45, 7) is 5.26. The molecule has 6 nitrogen and oxygen atoms in total. The lowest BCUT2D eigenvalue weighted by Crippen LogP contribution is -2.51. The summed E-state index contributed by atoms with van der Waals surface area (Å²) in [6, 6.07) is 5.56. The molecule has 0 bridgehead atoms. The highest BCUT2D eigenvalue weighted by Gasteiger charge is 2.27. The van der Waals surface area contributed by atoms with Crippen molar-refractivity contribution < 1.29 is 14.6 Å². The second-order valence-electron chi connectivity index (χ2n) is 5.54. The first-order valence-corrected chi connectivity index (χ1v) is 7.12. The zero-order chi connectivity index (χ0) is 15.4. The fourth-order valence-electron chi connectivity index (χ4n) is 2.41. The van der Waals surface area contributed by atoms with Crippen molar-refractivity contribution in [1.29, 1.82) is 0 Å². The topological polar surface area (TPSA) is 87.8 Å². The third kappa shape index (κ3) is 4.17. The van der Waals surface area contributed by atoms with Crippen LogP contribution in [0, 0.1) is 6.92 Å². The number of benzene rings is 1. The number of hydrogen-bond acceptors (Lipinski definition) is 5.